The number of aliphatic hydroxyl groups excluding tert-OH is 1. The highest BCUT2D eigenvalue weighted by Gasteiger charge is 2.41. The number of allylic oxidation sites excluding steroid dienone is 2. The van der Waals surface area contributed by atoms with E-state index in [-0.39, 0.29) is 11.4 Å². The molecule has 1 aliphatic carbocycles. The van der Waals surface area contributed by atoms with Gasteiger partial charge in [-0.3, -0.25) is 10.00 Å². The predicted octanol–water partition coefficient (Wildman–Crippen LogP) is 1.36. The van der Waals surface area contributed by atoms with Crippen LogP contribution in [0.1, 0.15) is 37.7 Å². The minimum atomic E-state index is -0.672. The van der Waals surface area contributed by atoms with Crippen molar-refractivity contribution >= 4 is 5.57 Å². The van der Waals surface area contributed by atoms with E-state index in [1.807, 2.05) is 12.1 Å². The number of nitrogens with zero attached hydrogens (tertiary/aromatic N) is 3. The number of nitrogens with one attached hydrogen (secondary N) is 2. The van der Waals surface area contributed by atoms with Gasteiger partial charge in [0.2, 0.25) is 0 Å². The number of H-pyrrole nitrogens is 1. The number of piperazine rings is 1. The SMILES string of the molecule is C[C@H](O)[C@@H](C)n1[nH]c(C2(N3CCNCC3)C=CC(c3ccc(O)cc3)=CC2)nc1=O. The lowest BCUT2D eigenvalue weighted by molar-refractivity contribution is 0.102. The number of aromatic nitrogens is 3. The Labute approximate surface area is 175 Å². The summed E-state index contributed by atoms with van der Waals surface area (Å²) in [5.41, 5.74) is 1.17. The van der Waals surface area contributed by atoms with E-state index in [1.165, 1.54) is 4.68 Å². The van der Waals surface area contributed by atoms with Crippen LogP contribution in [-0.2, 0) is 5.54 Å². The second-order valence-electron chi connectivity index (χ2n) is 8.11. The smallest absolute Gasteiger partial charge is 0.364 e. The van der Waals surface area contributed by atoms with Crippen LogP contribution in [-0.4, -0.2) is 62.2 Å². The molecule has 0 bridgehead atoms. The summed E-state index contributed by atoms with van der Waals surface area (Å²) in [5.74, 6) is 0.837. The van der Waals surface area contributed by atoms with Crippen molar-refractivity contribution < 1.29 is 10.2 Å². The van der Waals surface area contributed by atoms with Crippen molar-refractivity contribution in [2.45, 2.75) is 38.0 Å². The molecule has 1 unspecified atom stereocenters. The third-order valence-corrected chi connectivity index (χ3v) is 6.21. The van der Waals surface area contributed by atoms with Gasteiger partial charge >= 0.3 is 5.69 Å². The molecular formula is C22H29N5O3. The van der Waals surface area contributed by atoms with E-state index in [0.29, 0.717) is 12.2 Å². The molecule has 4 N–H and O–H groups in total. The minimum absolute atomic E-state index is 0.240. The molecule has 1 saturated heterocycles. The van der Waals surface area contributed by atoms with Gasteiger partial charge in [0.1, 0.15) is 11.3 Å². The summed E-state index contributed by atoms with van der Waals surface area (Å²) in [6.07, 6.45) is 6.33. The molecule has 0 radical (unpaired) electrons. The summed E-state index contributed by atoms with van der Waals surface area (Å²) in [6.45, 7) is 6.89. The van der Waals surface area contributed by atoms with Gasteiger partial charge in [-0.1, -0.05) is 30.4 Å². The molecule has 30 heavy (non-hydrogen) atoms. The molecule has 1 aromatic carbocycles. The molecule has 8 nitrogen and oxygen atoms in total. The Hall–Kier alpha value is -2.68. The number of hydrogen-bond acceptors (Lipinski definition) is 6. The number of hydrogen-bond donors (Lipinski definition) is 4. The van der Waals surface area contributed by atoms with Gasteiger partial charge < -0.3 is 15.5 Å². The molecule has 1 aromatic heterocycles. The van der Waals surface area contributed by atoms with Crippen LogP contribution in [0, 0.1) is 0 Å². The van der Waals surface area contributed by atoms with Crippen molar-refractivity contribution in [1.82, 2.24) is 25.0 Å². The molecule has 1 aliphatic heterocycles. The topological polar surface area (TPSA) is 106 Å². The lowest BCUT2D eigenvalue weighted by Crippen LogP contribution is -2.54. The standard InChI is InChI=1S/C22H29N5O3/c1-15(16(2)28)27-21(30)24-20(25-27)22(26-13-11-23-12-14-26)9-7-18(8-10-22)17-3-5-19(29)6-4-17/h3-9,15-16,23,28-29H,10-14H2,1-2H3,(H,24,25,30)/t15-,16+,22?/m1/s1. The average molecular weight is 412 g/mol. The molecular weight excluding hydrogens is 382 g/mol. The molecule has 1 fully saturated rings. The molecule has 2 heterocycles. The van der Waals surface area contributed by atoms with Gasteiger partial charge in [0.25, 0.3) is 0 Å². The Morgan fingerprint density at radius 2 is 1.87 bits per heavy atom. The van der Waals surface area contributed by atoms with Crippen molar-refractivity contribution in [3.8, 4) is 5.75 Å². The van der Waals surface area contributed by atoms with E-state index in [1.54, 1.807) is 26.0 Å². The molecule has 8 heteroatoms. The van der Waals surface area contributed by atoms with Crippen LogP contribution in [0.15, 0.2) is 47.3 Å². The van der Waals surface area contributed by atoms with Crippen LogP contribution >= 0.6 is 0 Å². The Balaban J connectivity index is 1.72. The first-order valence-corrected chi connectivity index (χ1v) is 10.4. The van der Waals surface area contributed by atoms with Crippen LogP contribution in [0.5, 0.6) is 5.75 Å². The zero-order valence-corrected chi connectivity index (χ0v) is 17.4. The molecule has 3 atom stereocenters. The van der Waals surface area contributed by atoms with Crippen LogP contribution in [0.2, 0.25) is 0 Å². The van der Waals surface area contributed by atoms with Crippen LogP contribution < -0.4 is 11.0 Å². The Morgan fingerprint density at radius 3 is 2.47 bits per heavy atom. The monoisotopic (exact) mass is 411 g/mol. The Morgan fingerprint density at radius 1 is 1.17 bits per heavy atom. The average Bonchev–Trinajstić information content (AvgIpc) is 3.16. The normalized spacial score (nSPS) is 24.4. The first-order chi connectivity index (χ1) is 14.4. The molecule has 4 rings (SSSR count). The maximum absolute atomic E-state index is 12.6. The molecule has 0 amide bonds. The maximum Gasteiger partial charge on any atom is 0.364 e. The fourth-order valence-corrected chi connectivity index (χ4v) is 4.14. The van der Waals surface area contributed by atoms with Gasteiger partial charge in [-0.25, -0.2) is 9.48 Å². The van der Waals surface area contributed by atoms with Crippen molar-refractivity contribution in [1.29, 1.82) is 0 Å². The fourth-order valence-electron chi connectivity index (χ4n) is 4.14. The van der Waals surface area contributed by atoms with Crippen LogP contribution in [0.4, 0.5) is 0 Å². The van der Waals surface area contributed by atoms with Crippen LogP contribution in [0.3, 0.4) is 0 Å². The molecule has 0 spiro atoms. The Bertz CT molecular complexity index is 999. The molecule has 160 valence electrons. The van der Waals surface area contributed by atoms with Crippen molar-refractivity contribution in [3.63, 3.8) is 0 Å². The number of aliphatic hydroxyl groups is 1. The van der Waals surface area contributed by atoms with Gasteiger partial charge in [-0.05, 0) is 43.5 Å². The van der Waals surface area contributed by atoms with E-state index >= 15 is 0 Å². The van der Waals surface area contributed by atoms with Gasteiger partial charge in [0.15, 0.2) is 5.82 Å². The quantitative estimate of drug-likeness (QED) is 0.592. The van der Waals surface area contributed by atoms with Crippen molar-refractivity contribution in [2.75, 3.05) is 26.2 Å². The third-order valence-electron chi connectivity index (χ3n) is 6.21. The number of aromatic hydroxyl groups is 1. The van der Waals surface area contributed by atoms with Crippen LogP contribution in [0.25, 0.3) is 5.57 Å². The number of rotatable bonds is 5. The fraction of sp³-hybridized carbons (Fsp3) is 0.455. The summed E-state index contributed by atoms with van der Waals surface area (Å²) in [4.78, 5) is 19.3. The van der Waals surface area contributed by atoms with E-state index in [2.05, 4.69) is 38.5 Å². The highest BCUT2D eigenvalue weighted by molar-refractivity contribution is 5.76. The lowest BCUT2D eigenvalue weighted by Gasteiger charge is -2.43. The summed E-state index contributed by atoms with van der Waals surface area (Å²) >= 11 is 0. The second-order valence-corrected chi connectivity index (χ2v) is 8.11. The van der Waals surface area contributed by atoms with Gasteiger partial charge in [0, 0.05) is 26.2 Å². The summed E-state index contributed by atoms with van der Waals surface area (Å²) in [6, 6.07) is 6.75. The highest BCUT2D eigenvalue weighted by Crippen LogP contribution is 2.38. The third kappa shape index (κ3) is 3.74. The number of aromatic amines is 1. The zero-order chi connectivity index (χ0) is 21.3. The summed E-state index contributed by atoms with van der Waals surface area (Å²) in [5, 5.41) is 26.1. The number of phenolic OH excluding ortho intramolecular Hbond substituents is 1. The van der Waals surface area contributed by atoms with Crippen molar-refractivity contribution in [2.24, 2.45) is 0 Å². The molecule has 0 saturated carbocycles. The number of phenols is 1. The minimum Gasteiger partial charge on any atom is -0.508 e. The summed E-state index contributed by atoms with van der Waals surface area (Å²) < 4.78 is 1.41. The van der Waals surface area contributed by atoms with E-state index < -0.39 is 17.7 Å². The zero-order valence-electron chi connectivity index (χ0n) is 17.4. The maximum atomic E-state index is 12.6. The highest BCUT2D eigenvalue weighted by atomic mass is 16.3. The van der Waals surface area contributed by atoms with E-state index in [0.717, 1.165) is 37.3 Å². The van der Waals surface area contributed by atoms with E-state index in [9.17, 15) is 15.0 Å². The number of benzene rings is 1. The summed E-state index contributed by atoms with van der Waals surface area (Å²) in [7, 11) is 0. The first kappa shape index (κ1) is 20.6. The van der Waals surface area contributed by atoms with Gasteiger partial charge in [-0.2, -0.15) is 4.98 Å². The largest absolute Gasteiger partial charge is 0.508 e. The predicted molar refractivity (Wildman–Crippen MR) is 115 cm³/mol. The van der Waals surface area contributed by atoms with Gasteiger partial charge in [0.05, 0.1) is 12.1 Å². The Kier molecular flexibility index (Phi) is 5.64. The molecule has 2 aromatic rings. The second kappa shape index (κ2) is 8.22. The van der Waals surface area contributed by atoms with E-state index in [4.69, 9.17) is 0 Å². The van der Waals surface area contributed by atoms with Crippen molar-refractivity contribution in [3.05, 3.63) is 64.4 Å². The first-order valence-electron chi connectivity index (χ1n) is 10.4. The lowest BCUT2D eigenvalue weighted by atomic mass is 9.84. The van der Waals surface area contributed by atoms with Gasteiger partial charge in [-0.15, -0.1) is 0 Å². The molecule has 2 aliphatic rings.